The number of rotatable bonds is 13. The molecule has 1 aromatic heterocycles. The second kappa shape index (κ2) is 11.0. The molecule has 0 atom stereocenters. The van der Waals surface area contributed by atoms with Gasteiger partial charge in [-0.3, -0.25) is 0 Å². The monoisotopic (exact) mass is 388 g/mol. The van der Waals surface area contributed by atoms with E-state index in [2.05, 4.69) is 61.3 Å². The Kier molecular flexibility index (Phi) is 8.74. The Bertz CT molecular complexity index is 684. The number of H-pyrrole nitrogens is 1. The topological polar surface area (TPSA) is 72.9 Å². The summed E-state index contributed by atoms with van der Waals surface area (Å²) >= 11 is 0. The molecule has 0 saturated carbocycles. The maximum atomic E-state index is 6.03. The summed E-state index contributed by atoms with van der Waals surface area (Å²) in [5.74, 6) is 3.36. The lowest BCUT2D eigenvalue weighted by Crippen LogP contribution is -2.19. The van der Waals surface area contributed by atoms with Crippen LogP contribution in [0.5, 0.6) is 11.5 Å². The molecule has 0 fully saturated rings. The standard InChI is InChI=1S/C22H36N4O2/c1-6-18-16-19(27-15-12-17(2)3)10-11-20(18)28-14-9-7-8-13-22(4,5)21-23-25-26-24-21/h10-11,16-17H,6-9,12-15H2,1-5H3,(H,23,24,25,26). The Labute approximate surface area is 169 Å². The summed E-state index contributed by atoms with van der Waals surface area (Å²) < 4.78 is 11.9. The quantitative estimate of drug-likeness (QED) is 0.483. The summed E-state index contributed by atoms with van der Waals surface area (Å²) in [6.07, 6.45) is 6.33. The van der Waals surface area contributed by atoms with Crippen molar-refractivity contribution in [3.05, 3.63) is 29.6 Å². The zero-order valence-electron chi connectivity index (χ0n) is 18.1. The predicted octanol–water partition coefficient (Wildman–Crippen LogP) is 5.10. The average molecular weight is 389 g/mol. The van der Waals surface area contributed by atoms with Crippen molar-refractivity contribution in [3.8, 4) is 11.5 Å². The van der Waals surface area contributed by atoms with Gasteiger partial charge in [-0.1, -0.05) is 52.7 Å². The number of aromatic nitrogens is 4. The van der Waals surface area contributed by atoms with Gasteiger partial charge in [0.25, 0.3) is 0 Å². The van der Waals surface area contributed by atoms with Crippen molar-refractivity contribution in [3.63, 3.8) is 0 Å². The molecule has 156 valence electrons. The SMILES string of the molecule is CCc1cc(OCCC(C)C)ccc1OCCCCCC(C)(C)c1nn[nH]n1. The van der Waals surface area contributed by atoms with E-state index in [0.29, 0.717) is 5.92 Å². The Morgan fingerprint density at radius 1 is 1.07 bits per heavy atom. The maximum absolute atomic E-state index is 6.03. The van der Waals surface area contributed by atoms with Crippen molar-refractivity contribution < 1.29 is 9.47 Å². The smallest absolute Gasteiger partial charge is 0.180 e. The third-order valence-electron chi connectivity index (χ3n) is 5.03. The summed E-state index contributed by atoms with van der Waals surface area (Å²) in [5, 5.41) is 14.4. The van der Waals surface area contributed by atoms with Gasteiger partial charge >= 0.3 is 0 Å². The largest absolute Gasteiger partial charge is 0.494 e. The third-order valence-corrected chi connectivity index (χ3v) is 5.03. The van der Waals surface area contributed by atoms with Crippen molar-refractivity contribution >= 4 is 0 Å². The van der Waals surface area contributed by atoms with Crippen molar-refractivity contribution in [2.75, 3.05) is 13.2 Å². The maximum Gasteiger partial charge on any atom is 0.180 e. The predicted molar refractivity (Wildman–Crippen MR) is 112 cm³/mol. The van der Waals surface area contributed by atoms with Gasteiger partial charge in [0.15, 0.2) is 5.82 Å². The highest BCUT2D eigenvalue weighted by Crippen LogP contribution is 2.27. The van der Waals surface area contributed by atoms with E-state index in [9.17, 15) is 0 Å². The van der Waals surface area contributed by atoms with E-state index in [1.54, 1.807) is 0 Å². The molecule has 0 bridgehead atoms. The van der Waals surface area contributed by atoms with E-state index in [0.717, 1.165) is 69.1 Å². The molecule has 0 aliphatic heterocycles. The van der Waals surface area contributed by atoms with Crippen LogP contribution in [0.15, 0.2) is 18.2 Å². The fourth-order valence-corrected chi connectivity index (χ4v) is 3.06. The molecule has 0 radical (unpaired) electrons. The third kappa shape index (κ3) is 7.13. The number of aromatic amines is 1. The van der Waals surface area contributed by atoms with Gasteiger partial charge < -0.3 is 9.47 Å². The normalized spacial score (nSPS) is 11.8. The number of hydrogen-bond donors (Lipinski definition) is 1. The average Bonchev–Trinajstić information content (AvgIpc) is 3.20. The molecule has 0 saturated heterocycles. The first-order valence-electron chi connectivity index (χ1n) is 10.5. The van der Waals surface area contributed by atoms with Crippen LogP contribution in [0.3, 0.4) is 0 Å². The molecule has 0 aliphatic rings. The highest BCUT2D eigenvalue weighted by Gasteiger charge is 2.24. The number of unbranched alkanes of at least 4 members (excludes halogenated alkanes) is 2. The summed E-state index contributed by atoms with van der Waals surface area (Å²) in [7, 11) is 0. The van der Waals surface area contributed by atoms with Crippen LogP contribution in [-0.4, -0.2) is 33.8 Å². The van der Waals surface area contributed by atoms with Gasteiger partial charge in [0, 0.05) is 5.41 Å². The van der Waals surface area contributed by atoms with Gasteiger partial charge in [0.05, 0.1) is 13.2 Å². The molecule has 1 aromatic carbocycles. The number of hydrogen-bond acceptors (Lipinski definition) is 5. The molecule has 28 heavy (non-hydrogen) atoms. The molecular weight excluding hydrogens is 352 g/mol. The summed E-state index contributed by atoms with van der Waals surface area (Å²) in [6, 6.07) is 6.17. The fourth-order valence-electron chi connectivity index (χ4n) is 3.06. The first-order valence-corrected chi connectivity index (χ1v) is 10.5. The molecule has 6 nitrogen and oxygen atoms in total. The first-order chi connectivity index (χ1) is 13.4. The molecule has 2 rings (SSSR count). The van der Waals surface area contributed by atoms with E-state index >= 15 is 0 Å². The number of nitrogens with one attached hydrogen (secondary N) is 1. The Hall–Kier alpha value is -2.11. The first kappa shape index (κ1) is 22.2. The molecule has 1 heterocycles. The van der Waals surface area contributed by atoms with Crippen molar-refractivity contribution in [2.24, 2.45) is 5.92 Å². The van der Waals surface area contributed by atoms with E-state index in [1.807, 2.05) is 12.1 Å². The lowest BCUT2D eigenvalue weighted by Gasteiger charge is -2.19. The van der Waals surface area contributed by atoms with Gasteiger partial charge in [0.2, 0.25) is 0 Å². The van der Waals surface area contributed by atoms with E-state index in [-0.39, 0.29) is 5.41 Å². The van der Waals surface area contributed by atoms with Crippen molar-refractivity contribution in [1.82, 2.24) is 20.6 Å². The van der Waals surface area contributed by atoms with Crippen LogP contribution in [0.1, 0.15) is 78.1 Å². The van der Waals surface area contributed by atoms with Crippen LogP contribution >= 0.6 is 0 Å². The van der Waals surface area contributed by atoms with Gasteiger partial charge in [-0.15, -0.1) is 10.2 Å². The lowest BCUT2D eigenvalue weighted by molar-refractivity contribution is 0.284. The molecule has 2 aromatic rings. The zero-order chi connectivity index (χ0) is 20.4. The van der Waals surface area contributed by atoms with Crippen LogP contribution in [0.4, 0.5) is 0 Å². The minimum Gasteiger partial charge on any atom is -0.494 e. The fraction of sp³-hybridized carbons (Fsp3) is 0.682. The Morgan fingerprint density at radius 2 is 1.89 bits per heavy atom. The van der Waals surface area contributed by atoms with E-state index in [4.69, 9.17) is 9.47 Å². The molecule has 1 N–H and O–H groups in total. The molecule has 0 amide bonds. The van der Waals surface area contributed by atoms with E-state index < -0.39 is 0 Å². The highest BCUT2D eigenvalue weighted by atomic mass is 16.5. The zero-order valence-corrected chi connectivity index (χ0v) is 18.1. The second-order valence-corrected chi connectivity index (χ2v) is 8.43. The highest BCUT2D eigenvalue weighted by molar-refractivity contribution is 5.40. The minimum atomic E-state index is -0.0470. The van der Waals surface area contributed by atoms with Gasteiger partial charge in [0.1, 0.15) is 11.5 Å². The van der Waals surface area contributed by atoms with Gasteiger partial charge in [-0.25, -0.2) is 0 Å². The van der Waals surface area contributed by atoms with Crippen LogP contribution in [-0.2, 0) is 11.8 Å². The summed E-state index contributed by atoms with van der Waals surface area (Å²) in [4.78, 5) is 0. The van der Waals surface area contributed by atoms with Crippen LogP contribution in [0.2, 0.25) is 0 Å². The summed E-state index contributed by atoms with van der Waals surface area (Å²) in [6.45, 7) is 12.4. The molecule has 6 heteroatoms. The van der Waals surface area contributed by atoms with Crippen LogP contribution in [0, 0.1) is 5.92 Å². The second-order valence-electron chi connectivity index (χ2n) is 8.43. The van der Waals surface area contributed by atoms with E-state index in [1.165, 1.54) is 5.56 Å². The Morgan fingerprint density at radius 3 is 2.57 bits per heavy atom. The van der Waals surface area contributed by atoms with Crippen molar-refractivity contribution in [2.45, 2.75) is 78.6 Å². The molecule has 0 spiro atoms. The van der Waals surface area contributed by atoms with Crippen LogP contribution in [0.25, 0.3) is 0 Å². The molecule has 0 unspecified atom stereocenters. The van der Waals surface area contributed by atoms with Crippen molar-refractivity contribution in [1.29, 1.82) is 0 Å². The number of nitrogens with zero attached hydrogens (tertiary/aromatic N) is 3. The van der Waals surface area contributed by atoms with Crippen LogP contribution < -0.4 is 9.47 Å². The number of aryl methyl sites for hydroxylation is 1. The lowest BCUT2D eigenvalue weighted by atomic mass is 9.86. The number of tetrazole rings is 1. The minimum absolute atomic E-state index is 0.0470. The molecule has 0 aliphatic carbocycles. The van der Waals surface area contributed by atoms with Gasteiger partial charge in [-0.2, -0.15) is 5.21 Å². The number of benzene rings is 1. The molecular formula is C22H36N4O2. The Balaban J connectivity index is 1.70. The number of ether oxygens (including phenoxy) is 2. The summed E-state index contributed by atoms with van der Waals surface area (Å²) in [5.41, 5.74) is 1.16. The van der Waals surface area contributed by atoms with Gasteiger partial charge in [-0.05, 0) is 55.4 Å².